The number of nitrogens with zero attached hydrogens (tertiary/aromatic N) is 1. The number of likely N-dealkylation sites (tertiary alicyclic amines) is 1. The van der Waals surface area contributed by atoms with Gasteiger partial charge in [-0.25, -0.2) is 0 Å². The zero-order valence-electron chi connectivity index (χ0n) is 11.0. The maximum atomic E-state index is 12.8. The number of nitrogens with one attached hydrogen (secondary N) is 1. The fraction of sp³-hybridized carbons (Fsp3) is 0.500. The molecule has 0 aromatic heterocycles. The van der Waals surface area contributed by atoms with E-state index in [2.05, 4.69) is 5.32 Å². The molecule has 0 atom stereocenters. The van der Waals surface area contributed by atoms with Gasteiger partial charge in [0.25, 0.3) is 0 Å². The molecule has 0 bridgehead atoms. The Bertz CT molecular complexity index is 468. The van der Waals surface area contributed by atoms with Crippen molar-refractivity contribution < 1.29 is 18.0 Å². The summed E-state index contributed by atoms with van der Waals surface area (Å²) < 4.78 is 38.4. The minimum Gasteiger partial charge on any atom is -0.376 e. The lowest BCUT2D eigenvalue weighted by Crippen LogP contribution is -2.39. The molecule has 1 N–H and O–H groups in total. The molecule has 1 saturated heterocycles. The molecule has 1 aromatic rings. The molecule has 20 heavy (non-hydrogen) atoms. The molecule has 0 spiro atoms. The van der Waals surface area contributed by atoms with Crippen LogP contribution >= 0.6 is 0 Å². The van der Waals surface area contributed by atoms with Gasteiger partial charge in [0.1, 0.15) is 0 Å². The van der Waals surface area contributed by atoms with Crippen molar-refractivity contribution in [3.63, 3.8) is 0 Å². The number of hydrogen-bond donors (Lipinski definition) is 1. The van der Waals surface area contributed by atoms with E-state index in [1.165, 1.54) is 18.2 Å². The lowest BCUT2D eigenvalue weighted by molar-refractivity contribution is -0.137. The molecule has 1 heterocycles. The number of amides is 1. The van der Waals surface area contributed by atoms with E-state index >= 15 is 0 Å². The summed E-state index contributed by atoms with van der Waals surface area (Å²) in [6.07, 6.45) is -1.39. The van der Waals surface area contributed by atoms with Gasteiger partial charge in [0.2, 0.25) is 5.91 Å². The number of para-hydroxylation sites is 1. The number of hydrogen-bond acceptors (Lipinski definition) is 2. The van der Waals surface area contributed by atoms with Crippen LogP contribution in [-0.4, -0.2) is 30.4 Å². The summed E-state index contributed by atoms with van der Waals surface area (Å²) >= 11 is 0. The van der Waals surface area contributed by atoms with E-state index in [0.717, 1.165) is 25.3 Å². The standard InChI is InChI=1S/C14H17F3N2O/c15-14(16,17)11-6-2-3-7-12(11)18-10-13(20)19-8-4-1-5-9-19/h2-3,6-7,18H,1,4-5,8-10H2. The van der Waals surface area contributed by atoms with Crippen LogP contribution in [0.15, 0.2) is 24.3 Å². The Labute approximate surface area is 115 Å². The van der Waals surface area contributed by atoms with E-state index in [0.29, 0.717) is 13.1 Å². The van der Waals surface area contributed by atoms with Crippen LogP contribution in [0.1, 0.15) is 24.8 Å². The van der Waals surface area contributed by atoms with Crippen molar-refractivity contribution in [1.29, 1.82) is 0 Å². The van der Waals surface area contributed by atoms with Gasteiger partial charge in [0.15, 0.2) is 0 Å². The Kier molecular flexibility index (Phi) is 4.52. The molecule has 1 fully saturated rings. The monoisotopic (exact) mass is 286 g/mol. The molecule has 3 nitrogen and oxygen atoms in total. The molecule has 0 radical (unpaired) electrons. The third kappa shape index (κ3) is 3.65. The van der Waals surface area contributed by atoms with Crippen LogP contribution in [0.5, 0.6) is 0 Å². The largest absolute Gasteiger partial charge is 0.418 e. The van der Waals surface area contributed by atoms with Crippen LogP contribution in [0, 0.1) is 0 Å². The lowest BCUT2D eigenvalue weighted by atomic mass is 10.1. The number of rotatable bonds is 3. The first-order valence-electron chi connectivity index (χ1n) is 6.66. The van der Waals surface area contributed by atoms with E-state index in [1.54, 1.807) is 4.90 Å². The summed E-state index contributed by atoms with van der Waals surface area (Å²) in [5, 5.41) is 2.61. The highest BCUT2D eigenvalue weighted by Crippen LogP contribution is 2.34. The summed E-state index contributed by atoms with van der Waals surface area (Å²) in [5.41, 5.74) is -0.795. The van der Waals surface area contributed by atoms with Gasteiger partial charge in [-0.05, 0) is 31.4 Å². The predicted molar refractivity (Wildman–Crippen MR) is 70.4 cm³/mol. The Morgan fingerprint density at radius 3 is 2.45 bits per heavy atom. The number of carbonyl (C=O) groups is 1. The second-order valence-electron chi connectivity index (χ2n) is 4.84. The van der Waals surface area contributed by atoms with E-state index in [1.807, 2.05) is 0 Å². The summed E-state index contributed by atoms with van der Waals surface area (Å²) in [6.45, 7) is 1.29. The van der Waals surface area contributed by atoms with Crippen molar-refractivity contribution in [2.75, 3.05) is 25.0 Å². The highest BCUT2D eigenvalue weighted by Gasteiger charge is 2.33. The molecule has 6 heteroatoms. The Morgan fingerprint density at radius 1 is 1.15 bits per heavy atom. The number of anilines is 1. The predicted octanol–water partition coefficient (Wildman–Crippen LogP) is 3.13. The third-order valence-corrected chi connectivity index (χ3v) is 3.37. The molecule has 1 aliphatic heterocycles. The van der Waals surface area contributed by atoms with Gasteiger partial charge in [-0.15, -0.1) is 0 Å². The van der Waals surface area contributed by atoms with Crippen LogP contribution in [0.25, 0.3) is 0 Å². The first-order chi connectivity index (χ1) is 9.48. The second kappa shape index (κ2) is 6.15. The Balaban J connectivity index is 1.98. The number of piperidine rings is 1. The molecule has 0 aliphatic carbocycles. The Morgan fingerprint density at radius 2 is 1.80 bits per heavy atom. The van der Waals surface area contributed by atoms with Crippen molar-refractivity contribution >= 4 is 11.6 Å². The van der Waals surface area contributed by atoms with E-state index < -0.39 is 11.7 Å². The van der Waals surface area contributed by atoms with Gasteiger partial charge < -0.3 is 10.2 Å². The molecule has 0 saturated carbocycles. The second-order valence-corrected chi connectivity index (χ2v) is 4.84. The Hall–Kier alpha value is -1.72. The van der Waals surface area contributed by atoms with Crippen molar-refractivity contribution in [1.82, 2.24) is 4.90 Å². The van der Waals surface area contributed by atoms with Crippen LogP contribution in [-0.2, 0) is 11.0 Å². The van der Waals surface area contributed by atoms with Gasteiger partial charge in [0.05, 0.1) is 12.1 Å². The van der Waals surface area contributed by atoms with E-state index in [9.17, 15) is 18.0 Å². The fourth-order valence-corrected chi connectivity index (χ4v) is 2.31. The van der Waals surface area contributed by atoms with Gasteiger partial charge in [-0.1, -0.05) is 12.1 Å². The van der Waals surface area contributed by atoms with Crippen LogP contribution in [0.2, 0.25) is 0 Å². The molecule has 110 valence electrons. The molecule has 1 amide bonds. The molecule has 0 unspecified atom stereocenters. The third-order valence-electron chi connectivity index (χ3n) is 3.37. The molecule has 2 rings (SSSR count). The zero-order chi connectivity index (χ0) is 14.6. The van der Waals surface area contributed by atoms with E-state index in [-0.39, 0.29) is 18.1 Å². The number of alkyl halides is 3. The fourth-order valence-electron chi connectivity index (χ4n) is 2.31. The molecule has 1 aliphatic rings. The smallest absolute Gasteiger partial charge is 0.376 e. The van der Waals surface area contributed by atoms with Gasteiger partial charge in [-0.3, -0.25) is 4.79 Å². The van der Waals surface area contributed by atoms with Gasteiger partial charge >= 0.3 is 6.18 Å². The highest BCUT2D eigenvalue weighted by molar-refractivity contribution is 5.81. The van der Waals surface area contributed by atoms with Gasteiger partial charge in [-0.2, -0.15) is 13.2 Å². The summed E-state index contributed by atoms with van der Waals surface area (Å²) in [4.78, 5) is 13.6. The SMILES string of the molecule is O=C(CNc1ccccc1C(F)(F)F)N1CCCCC1. The van der Waals surface area contributed by atoms with E-state index in [4.69, 9.17) is 0 Å². The first-order valence-corrected chi connectivity index (χ1v) is 6.66. The minimum atomic E-state index is -4.42. The minimum absolute atomic E-state index is 0.0506. The molecular formula is C14H17F3N2O. The van der Waals surface area contributed by atoms with Crippen molar-refractivity contribution in [3.05, 3.63) is 29.8 Å². The molecular weight excluding hydrogens is 269 g/mol. The maximum absolute atomic E-state index is 12.8. The summed E-state index contributed by atoms with van der Waals surface area (Å²) in [7, 11) is 0. The van der Waals surface area contributed by atoms with Gasteiger partial charge in [0, 0.05) is 18.8 Å². The summed E-state index contributed by atoms with van der Waals surface area (Å²) in [5.74, 6) is -0.151. The molecule has 1 aromatic carbocycles. The normalized spacial score (nSPS) is 16.1. The quantitative estimate of drug-likeness (QED) is 0.926. The first kappa shape index (κ1) is 14.7. The van der Waals surface area contributed by atoms with Crippen molar-refractivity contribution in [2.45, 2.75) is 25.4 Å². The maximum Gasteiger partial charge on any atom is 0.418 e. The number of benzene rings is 1. The number of carbonyl (C=O) groups excluding carboxylic acids is 1. The summed E-state index contributed by atoms with van der Waals surface area (Å²) in [6, 6.07) is 5.20. The van der Waals surface area contributed by atoms with Crippen molar-refractivity contribution in [2.24, 2.45) is 0 Å². The number of halogens is 3. The lowest BCUT2D eigenvalue weighted by Gasteiger charge is -2.27. The highest BCUT2D eigenvalue weighted by atomic mass is 19.4. The van der Waals surface area contributed by atoms with Crippen LogP contribution < -0.4 is 5.32 Å². The van der Waals surface area contributed by atoms with Crippen molar-refractivity contribution in [3.8, 4) is 0 Å². The zero-order valence-corrected chi connectivity index (χ0v) is 11.0. The van der Waals surface area contributed by atoms with Crippen LogP contribution in [0.4, 0.5) is 18.9 Å². The topological polar surface area (TPSA) is 32.3 Å². The average molecular weight is 286 g/mol. The van der Waals surface area contributed by atoms with Crippen LogP contribution in [0.3, 0.4) is 0 Å². The average Bonchev–Trinajstić information content (AvgIpc) is 2.45.